The normalized spacial score (nSPS) is 29.6. The van der Waals surface area contributed by atoms with E-state index in [9.17, 15) is 4.79 Å². The van der Waals surface area contributed by atoms with E-state index in [0.29, 0.717) is 19.1 Å². The molecule has 5 nitrogen and oxygen atoms in total. The predicted molar refractivity (Wildman–Crippen MR) is 80.8 cm³/mol. The van der Waals surface area contributed by atoms with Gasteiger partial charge < -0.3 is 14.6 Å². The summed E-state index contributed by atoms with van der Waals surface area (Å²) < 4.78 is 11.6. The first-order valence-corrected chi connectivity index (χ1v) is 7.67. The number of nitrogens with zero attached hydrogens (tertiary/aromatic N) is 1. The first kappa shape index (κ1) is 16.2. The third-order valence-corrected chi connectivity index (χ3v) is 4.45. The molecule has 0 aliphatic carbocycles. The van der Waals surface area contributed by atoms with Crippen molar-refractivity contribution in [1.29, 1.82) is 0 Å². The third-order valence-electron chi connectivity index (χ3n) is 4.45. The molecule has 1 N–H and O–H groups in total. The number of hydrogen-bond donors (Lipinski definition) is 1. The van der Waals surface area contributed by atoms with E-state index in [0.717, 1.165) is 30.4 Å². The van der Waals surface area contributed by atoms with Gasteiger partial charge in [0.1, 0.15) is 12.2 Å². The largest absolute Gasteiger partial charge is 0.480 e. The number of hydrogen-bond acceptors (Lipinski definition) is 4. The first-order chi connectivity index (χ1) is 9.96. The number of carboxylic acid groups (broad SMARTS) is 1. The molecule has 0 amide bonds. The van der Waals surface area contributed by atoms with Crippen molar-refractivity contribution in [2.75, 3.05) is 19.8 Å². The molecule has 0 saturated carbocycles. The second-order valence-corrected chi connectivity index (χ2v) is 6.21. The van der Waals surface area contributed by atoms with Crippen LogP contribution in [0.2, 0.25) is 0 Å². The summed E-state index contributed by atoms with van der Waals surface area (Å²) >= 11 is 0. The summed E-state index contributed by atoms with van der Waals surface area (Å²) in [5.41, 5.74) is 1.50. The molecule has 0 aromatic heterocycles. The Bertz CT molecular complexity index is 457. The summed E-state index contributed by atoms with van der Waals surface area (Å²) in [6.07, 6.45) is 5.09. The quantitative estimate of drug-likeness (QED) is 0.783. The van der Waals surface area contributed by atoms with Gasteiger partial charge >= 0.3 is 5.97 Å². The zero-order valence-corrected chi connectivity index (χ0v) is 13.1. The van der Waals surface area contributed by atoms with Crippen LogP contribution in [-0.4, -0.2) is 48.8 Å². The Balaban J connectivity index is 2.10. The predicted octanol–water partition coefficient (Wildman–Crippen LogP) is 2.45. The Morgan fingerprint density at radius 1 is 1.67 bits per heavy atom. The van der Waals surface area contributed by atoms with Gasteiger partial charge in [-0.3, -0.25) is 4.99 Å². The molecule has 0 aromatic rings. The summed E-state index contributed by atoms with van der Waals surface area (Å²) in [5, 5.41) is 8.86. The summed E-state index contributed by atoms with van der Waals surface area (Å²) in [4.78, 5) is 15.1. The third kappa shape index (κ3) is 3.71. The van der Waals surface area contributed by atoms with E-state index in [2.05, 4.69) is 18.8 Å². The fraction of sp³-hybridized carbons (Fsp3) is 0.750. The fourth-order valence-electron chi connectivity index (χ4n) is 2.97. The molecule has 3 atom stereocenters. The number of carbonyl (C=O) groups is 1. The molecule has 21 heavy (non-hydrogen) atoms. The molecule has 3 unspecified atom stereocenters. The molecule has 2 aliphatic heterocycles. The van der Waals surface area contributed by atoms with Gasteiger partial charge in [0.2, 0.25) is 0 Å². The fourth-order valence-corrected chi connectivity index (χ4v) is 2.97. The van der Waals surface area contributed by atoms with E-state index < -0.39 is 11.6 Å². The average Bonchev–Trinajstić information content (AvgIpc) is 2.88. The molecule has 0 saturated heterocycles. The second-order valence-electron chi connectivity index (χ2n) is 6.21. The van der Waals surface area contributed by atoms with Crippen LogP contribution in [-0.2, 0) is 14.3 Å². The maximum absolute atomic E-state index is 10.8. The number of dihydropyridines is 1. The molecule has 0 fully saturated rings. The van der Waals surface area contributed by atoms with Crippen molar-refractivity contribution in [1.82, 2.24) is 0 Å². The molecule has 2 aliphatic rings. The Morgan fingerprint density at radius 3 is 3.10 bits per heavy atom. The molecule has 5 heteroatoms. The minimum Gasteiger partial charge on any atom is -0.480 e. The summed E-state index contributed by atoms with van der Waals surface area (Å²) in [6, 6.07) is 0. The molecular formula is C16H25NO4. The Labute approximate surface area is 126 Å². The molecule has 0 spiro atoms. The molecular weight excluding hydrogens is 270 g/mol. The lowest BCUT2D eigenvalue weighted by Gasteiger charge is -2.34. The van der Waals surface area contributed by atoms with Gasteiger partial charge in [-0.2, -0.15) is 0 Å². The van der Waals surface area contributed by atoms with E-state index in [-0.39, 0.29) is 12.7 Å². The lowest BCUT2D eigenvalue weighted by molar-refractivity contribution is -0.147. The first-order valence-electron chi connectivity index (χ1n) is 7.67. The van der Waals surface area contributed by atoms with Crippen molar-refractivity contribution >= 4 is 12.2 Å². The Hall–Kier alpha value is -1.20. The van der Waals surface area contributed by atoms with Gasteiger partial charge in [0.15, 0.2) is 0 Å². The van der Waals surface area contributed by atoms with Crippen LogP contribution in [0.5, 0.6) is 0 Å². The molecule has 2 heterocycles. The second kappa shape index (κ2) is 6.71. The molecule has 2 rings (SSSR count). The van der Waals surface area contributed by atoms with Crippen LogP contribution in [0.1, 0.15) is 40.0 Å². The van der Waals surface area contributed by atoms with E-state index >= 15 is 0 Å². The summed E-state index contributed by atoms with van der Waals surface area (Å²) in [6.45, 7) is 7.07. The minimum absolute atomic E-state index is 0.0274. The van der Waals surface area contributed by atoms with Gasteiger partial charge in [0.25, 0.3) is 0 Å². The van der Waals surface area contributed by atoms with E-state index in [1.165, 1.54) is 0 Å². The lowest BCUT2D eigenvalue weighted by Crippen LogP contribution is -2.42. The minimum atomic E-state index is -0.956. The van der Waals surface area contributed by atoms with Crippen molar-refractivity contribution in [3.05, 3.63) is 11.1 Å². The Morgan fingerprint density at radius 2 is 2.43 bits per heavy atom. The topological polar surface area (TPSA) is 68.1 Å². The number of carboxylic acids is 1. The lowest BCUT2D eigenvalue weighted by atomic mass is 9.84. The molecule has 0 radical (unpaired) electrons. The highest BCUT2D eigenvalue weighted by atomic mass is 16.5. The van der Waals surface area contributed by atoms with E-state index in [4.69, 9.17) is 14.6 Å². The summed E-state index contributed by atoms with van der Waals surface area (Å²) in [5.74, 6) is -0.287. The van der Waals surface area contributed by atoms with Crippen LogP contribution < -0.4 is 0 Å². The van der Waals surface area contributed by atoms with Crippen molar-refractivity contribution in [3.8, 4) is 0 Å². The van der Waals surface area contributed by atoms with Crippen LogP contribution in [0.4, 0.5) is 0 Å². The zero-order valence-electron chi connectivity index (χ0n) is 13.1. The number of aliphatic imine (C=N–C) groups is 1. The van der Waals surface area contributed by atoms with Gasteiger partial charge in [-0.25, -0.2) is 4.79 Å². The Kier molecular flexibility index (Phi) is 5.17. The van der Waals surface area contributed by atoms with Gasteiger partial charge in [-0.1, -0.05) is 20.3 Å². The van der Waals surface area contributed by atoms with Crippen LogP contribution in [0.15, 0.2) is 16.1 Å². The number of ether oxygens (including phenoxy) is 2. The van der Waals surface area contributed by atoms with Crippen molar-refractivity contribution < 1.29 is 19.4 Å². The molecule has 0 aromatic carbocycles. The summed E-state index contributed by atoms with van der Waals surface area (Å²) in [7, 11) is 0. The molecule has 0 bridgehead atoms. The van der Waals surface area contributed by atoms with Gasteiger partial charge in [0.05, 0.1) is 19.3 Å². The maximum Gasteiger partial charge on any atom is 0.329 e. The monoisotopic (exact) mass is 295 g/mol. The maximum atomic E-state index is 10.8. The van der Waals surface area contributed by atoms with E-state index in [1.54, 1.807) is 0 Å². The van der Waals surface area contributed by atoms with Gasteiger partial charge in [0, 0.05) is 11.8 Å². The van der Waals surface area contributed by atoms with Crippen molar-refractivity contribution in [2.24, 2.45) is 10.9 Å². The van der Waals surface area contributed by atoms with E-state index in [1.807, 2.05) is 13.1 Å². The standard InChI is InChI=1S/C16H25NO4/c1-4-11(2)5-6-13-15-12(8-20-13)7-17-10-16(15,3)21-9-14(18)19/h7,11,13H,4-6,8-10H2,1-3H3,(H,18,19). The smallest absolute Gasteiger partial charge is 0.329 e. The van der Waals surface area contributed by atoms with Crippen LogP contribution in [0, 0.1) is 5.92 Å². The highest BCUT2D eigenvalue weighted by molar-refractivity contribution is 5.83. The number of rotatable bonds is 7. The van der Waals surface area contributed by atoms with Gasteiger partial charge in [-0.15, -0.1) is 0 Å². The van der Waals surface area contributed by atoms with Crippen LogP contribution >= 0.6 is 0 Å². The zero-order chi connectivity index (χ0) is 15.5. The number of aliphatic carboxylic acids is 1. The SMILES string of the molecule is CCC(C)CCC1OCC2=C1C(C)(OCC(=O)O)CN=C2. The molecule has 118 valence electrons. The van der Waals surface area contributed by atoms with Crippen LogP contribution in [0.3, 0.4) is 0 Å². The van der Waals surface area contributed by atoms with Crippen LogP contribution in [0.25, 0.3) is 0 Å². The highest BCUT2D eigenvalue weighted by Crippen LogP contribution is 2.38. The van der Waals surface area contributed by atoms with Crippen molar-refractivity contribution in [3.63, 3.8) is 0 Å². The van der Waals surface area contributed by atoms with Gasteiger partial charge in [-0.05, 0) is 31.3 Å². The van der Waals surface area contributed by atoms with Crippen molar-refractivity contribution in [2.45, 2.75) is 51.7 Å². The average molecular weight is 295 g/mol. The highest BCUT2D eigenvalue weighted by Gasteiger charge is 2.42.